The van der Waals surface area contributed by atoms with Gasteiger partial charge in [0.2, 0.25) is 11.7 Å². The van der Waals surface area contributed by atoms with Gasteiger partial charge in [0.15, 0.2) is 6.61 Å². The summed E-state index contributed by atoms with van der Waals surface area (Å²) in [5.41, 5.74) is 2.04. The maximum atomic E-state index is 12.6. The Morgan fingerprint density at radius 2 is 1.73 bits per heavy atom. The molecular formula is C23H27N3O4. The normalized spacial score (nSPS) is 10.8. The predicted molar refractivity (Wildman–Crippen MR) is 113 cm³/mol. The second-order valence-electron chi connectivity index (χ2n) is 7.16. The van der Waals surface area contributed by atoms with Crippen molar-refractivity contribution in [1.29, 1.82) is 0 Å². The first kappa shape index (κ1) is 21.4. The van der Waals surface area contributed by atoms with Crippen molar-refractivity contribution in [3.63, 3.8) is 0 Å². The Bertz CT molecular complexity index is 949. The van der Waals surface area contributed by atoms with E-state index in [1.807, 2.05) is 55.5 Å². The van der Waals surface area contributed by atoms with E-state index in [9.17, 15) is 4.79 Å². The SMILES string of the molecule is CCN(Cc1nc(-c2ccc(OC)cc2)no1)C(=O)COc1ccc(C(C)C)cc1. The molecule has 7 heteroatoms. The van der Waals surface area contributed by atoms with Gasteiger partial charge in [0.25, 0.3) is 5.91 Å². The van der Waals surface area contributed by atoms with Crippen LogP contribution in [0.2, 0.25) is 0 Å². The minimum Gasteiger partial charge on any atom is -0.497 e. The minimum absolute atomic E-state index is 0.0473. The van der Waals surface area contributed by atoms with E-state index in [1.165, 1.54) is 5.56 Å². The molecular weight excluding hydrogens is 382 g/mol. The summed E-state index contributed by atoms with van der Waals surface area (Å²) in [6.07, 6.45) is 0. The van der Waals surface area contributed by atoms with Crippen molar-refractivity contribution in [2.45, 2.75) is 33.2 Å². The fourth-order valence-corrected chi connectivity index (χ4v) is 2.90. The number of methoxy groups -OCH3 is 1. The maximum Gasteiger partial charge on any atom is 0.260 e. The Morgan fingerprint density at radius 3 is 2.33 bits per heavy atom. The Labute approximate surface area is 176 Å². The van der Waals surface area contributed by atoms with Crippen molar-refractivity contribution in [2.75, 3.05) is 20.3 Å². The molecule has 1 heterocycles. The molecule has 0 spiro atoms. The largest absolute Gasteiger partial charge is 0.497 e. The number of rotatable bonds is 9. The van der Waals surface area contributed by atoms with Gasteiger partial charge >= 0.3 is 0 Å². The van der Waals surface area contributed by atoms with Gasteiger partial charge in [-0.05, 0) is 54.8 Å². The molecule has 158 valence electrons. The summed E-state index contributed by atoms with van der Waals surface area (Å²) < 4.78 is 16.1. The van der Waals surface area contributed by atoms with Crippen LogP contribution in [0.3, 0.4) is 0 Å². The van der Waals surface area contributed by atoms with E-state index in [4.69, 9.17) is 14.0 Å². The predicted octanol–water partition coefficient (Wildman–Crippen LogP) is 4.30. The highest BCUT2D eigenvalue weighted by Gasteiger charge is 2.17. The number of carbonyl (C=O) groups excluding carboxylic acids is 1. The third-order valence-electron chi connectivity index (χ3n) is 4.79. The van der Waals surface area contributed by atoms with Gasteiger partial charge < -0.3 is 18.9 Å². The van der Waals surface area contributed by atoms with Crippen molar-refractivity contribution in [2.24, 2.45) is 0 Å². The van der Waals surface area contributed by atoms with Crippen molar-refractivity contribution < 1.29 is 18.8 Å². The molecule has 0 unspecified atom stereocenters. The topological polar surface area (TPSA) is 77.7 Å². The Balaban J connectivity index is 1.57. The molecule has 7 nitrogen and oxygen atoms in total. The van der Waals surface area contributed by atoms with Crippen LogP contribution in [0.5, 0.6) is 11.5 Å². The molecule has 0 fully saturated rings. The molecule has 30 heavy (non-hydrogen) atoms. The van der Waals surface area contributed by atoms with Crippen LogP contribution in [-0.4, -0.2) is 41.2 Å². The van der Waals surface area contributed by atoms with Crippen LogP contribution in [0.4, 0.5) is 0 Å². The lowest BCUT2D eigenvalue weighted by atomic mass is 10.0. The molecule has 2 aromatic carbocycles. The average molecular weight is 409 g/mol. The zero-order valence-electron chi connectivity index (χ0n) is 17.8. The quantitative estimate of drug-likeness (QED) is 0.524. The van der Waals surface area contributed by atoms with Crippen LogP contribution in [0, 0.1) is 0 Å². The highest BCUT2D eigenvalue weighted by atomic mass is 16.5. The number of nitrogens with zero attached hydrogens (tertiary/aromatic N) is 3. The number of hydrogen-bond acceptors (Lipinski definition) is 6. The highest BCUT2D eigenvalue weighted by molar-refractivity contribution is 5.77. The van der Waals surface area contributed by atoms with Gasteiger partial charge in [-0.1, -0.05) is 31.1 Å². The molecule has 0 radical (unpaired) electrons. The van der Waals surface area contributed by atoms with Crippen molar-refractivity contribution in [1.82, 2.24) is 15.0 Å². The molecule has 1 aromatic heterocycles. The van der Waals surface area contributed by atoms with Gasteiger partial charge in [0, 0.05) is 12.1 Å². The first-order valence-electron chi connectivity index (χ1n) is 9.97. The lowest BCUT2D eigenvalue weighted by Gasteiger charge is -2.19. The zero-order valence-corrected chi connectivity index (χ0v) is 17.8. The smallest absolute Gasteiger partial charge is 0.260 e. The number of benzene rings is 2. The van der Waals surface area contributed by atoms with E-state index in [2.05, 4.69) is 24.0 Å². The molecule has 0 N–H and O–H groups in total. The van der Waals surface area contributed by atoms with Crippen LogP contribution in [0.25, 0.3) is 11.4 Å². The van der Waals surface area contributed by atoms with Gasteiger partial charge in [0.1, 0.15) is 18.0 Å². The van der Waals surface area contributed by atoms with E-state index in [1.54, 1.807) is 12.0 Å². The highest BCUT2D eigenvalue weighted by Crippen LogP contribution is 2.21. The molecule has 0 aliphatic rings. The maximum absolute atomic E-state index is 12.6. The molecule has 0 aliphatic carbocycles. The first-order chi connectivity index (χ1) is 14.5. The van der Waals surface area contributed by atoms with Crippen LogP contribution in [0.1, 0.15) is 38.1 Å². The Kier molecular flexibility index (Phi) is 7.06. The van der Waals surface area contributed by atoms with Crippen LogP contribution < -0.4 is 9.47 Å². The lowest BCUT2D eigenvalue weighted by Crippen LogP contribution is -2.34. The van der Waals surface area contributed by atoms with Gasteiger partial charge in [-0.2, -0.15) is 4.98 Å². The summed E-state index contributed by atoms with van der Waals surface area (Å²) in [7, 11) is 1.61. The van der Waals surface area contributed by atoms with Gasteiger partial charge in [-0.15, -0.1) is 0 Å². The first-order valence-corrected chi connectivity index (χ1v) is 9.97. The summed E-state index contributed by atoms with van der Waals surface area (Å²) >= 11 is 0. The summed E-state index contributed by atoms with van der Waals surface area (Å²) in [5.74, 6) is 2.57. The van der Waals surface area contributed by atoms with Crippen LogP contribution in [-0.2, 0) is 11.3 Å². The standard InChI is InChI=1S/C23H27N3O4/c1-5-26(22(27)15-29-20-12-6-17(7-13-20)16(2)3)14-21-24-23(25-30-21)18-8-10-19(28-4)11-9-18/h6-13,16H,5,14-15H2,1-4H3. The number of ether oxygens (including phenoxy) is 2. The van der Waals surface area contributed by atoms with E-state index in [0.29, 0.717) is 29.9 Å². The van der Waals surface area contributed by atoms with Gasteiger partial charge in [-0.25, -0.2) is 0 Å². The Hall–Kier alpha value is -3.35. The molecule has 1 amide bonds. The number of aromatic nitrogens is 2. The molecule has 0 saturated carbocycles. The fourth-order valence-electron chi connectivity index (χ4n) is 2.90. The van der Waals surface area contributed by atoms with Crippen molar-refractivity contribution >= 4 is 5.91 Å². The van der Waals surface area contributed by atoms with E-state index < -0.39 is 0 Å². The van der Waals surface area contributed by atoms with E-state index in [-0.39, 0.29) is 19.1 Å². The van der Waals surface area contributed by atoms with Crippen molar-refractivity contribution in [3.05, 3.63) is 60.0 Å². The van der Waals surface area contributed by atoms with Crippen molar-refractivity contribution in [3.8, 4) is 22.9 Å². The zero-order chi connectivity index (χ0) is 21.5. The molecule has 0 atom stereocenters. The number of hydrogen-bond donors (Lipinski definition) is 0. The van der Waals surface area contributed by atoms with Gasteiger partial charge in [-0.3, -0.25) is 4.79 Å². The van der Waals surface area contributed by atoms with E-state index >= 15 is 0 Å². The third-order valence-corrected chi connectivity index (χ3v) is 4.79. The monoisotopic (exact) mass is 409 g/mol. The molecule has 3 rings (SSSR count). The number of likely N-dealkylation sites (N-methyl/N-ethyl adjacent to an activating group) is 1. The van der Waals surface area contributed by atoms with E-state index in [0.717, 1.165) is 11.3 Å². The molecule has 3 aromatic rings. The number of carbonyl (C=O) groups is 1. The van der Waals surface area contributed by atoms with Crippen LogP contribution >= 0.6 is 0 Å². The second-order valence-corrected chi connectivity index (χ2v) is 7.16. The second kappa shape index (κ2) is 9.91. The fraction of sp³-hybridized carbons (Fsp3) is 0.348. The molecule has 0 bridgehead atoms. The minimum atomic E-state index is -0.144. The third kappa shape index (κ3) is 5.37. The number of amides is 1. The summed E-state index contributed by atoms with van der Waals surface area (Å²) in [6, 6.07) is 15.2. The van der Waals surface area contributed by atoms with Crippen LogP contribution in [0.15, 0.2) is 53.1 Å². The van der Waals surface area contributed by atoms with Gasteiger partial charge in [0.05, 0.1) is 7.11 Å². The Morgan fingerprint density at radius 1 is 1.07 bits per heavy atom. The lowest BCUT2D eigenvalue weighted by molar-refractivity contribution is -0.134. The average Bonchev–Trinajstić information content (AvgIpc) is 3.24. The molecule has 0 saturated heterocycles. The summed E-state index contributed by atoms with van der Waals surface area (Å²) in [4.78, 5) is 18.6. The molecule has 0 aliphatic heterocycles. The summed E-state index contributed by atoms with van der Waals surface area (Å²) in [5, 5.41) is 4.01. The summed E-state index contributed by atoms with van der Waals surface area (Å²) in [6.45, 7) is 6.86.